The summed E-state index contributed by atoms with van der Waals surface area (Å²) in [7, 11) is 0. The Bertz CT molecular complexity index is 1030. The van der Waals surface area contributed by atoms with Crippen molar-refractivity contribution < 1.29 is 19.8 Å². The minimum absolute atomic E-state index is 0.285. The van der Waals surface area contributed by atoms with Gasteiger partial charge in [0.15, 0.2) is 0 Å². The van der Waals surface area contributed by atoms with E-state index in [0.29, 0.717) is 17.7 Å². The van der Waals surface area contributed by atoms with Crippen LogP contribution in [0.1, 0.15) is 28.8 Å². The number of hydrogen-bond donors (Lipinski definition) is 2. The Balaban J connectivity index is 1.62. The van der Waals surface area contributed by atoms with Gasteiger partial charge in [-0.2, -0.15) is 0 Å². The molecule has 6 heteroatoms. The van der Waals surface area contributed by atoms with Gasteiger partial charge in [0.05, 0.1) is 14.8 Å². The zero-order valence-corrected chi connectivity index (χ0v) is 16.5. The lowest BCUT2D eigenvalue weighted by atomic mass is 9.93. The van der Waals surface area contributed by atoms with E-state index in [1.54, 1.807) is 6.07 Å². The lowest BCUT2D eigenvalue weighted by Gasteiger charge is -2.11. The maximum absolute atomic E-state index is 11.4. The minimum atomic E-state index is -0.945. The van der Waals surface area contributed by atoms with Crippen LogP contribution in [0.25, 0.3) is 21.6 Å². The molecular weight excluding hydrogens is 428 g/mol. The van der Waals surface area contributed by atoms with Gasteiger partial charge in [-0.15, -0.1) is 11.3 Å². The maximum Gasteiger partial charge on any atom is 0.337 e. The standard InChI is InChI=1S/C21H15BrO4S/c22-17-11-16(19(23)24)18(27-17)14-3-1-12(2-4-14)13-5-7-15(8-6-13)21(9-10-21)20(25)26/h1-8,11H,9-10H2,(H,23,24)(H,25,26). The number of aliphatic carboxylic acids is 1. The lowest BCUT2D eigenvalue weighted by molar-refractivity contribution is -0.140. The highest BCUT2D eigenvalue weighted by molar-refractivity contribution is 9.11. The van der Waals surface area contributed by atoms with Crippen LogP contribution in [0.4, 0.5) is 0 Å². The number of benzene rings is 2. The molecule has 0 spiro atoms. The van der Waals surface area contributed by atoms with E-state index in [1.165, 1.54) is 11.3 Å². The molecule has 0 saturated heterocycles. The van der Waals surface area contributed by atoms with E-state index in [0.717, 1.165) is 26.0 Å². The van der Waals surface area contributed by atoms with Crippen molar-refractivity contribution in [3.8, 4) is 21.6 Å². The highest BCUT2D eigenvalue weighted by Crippen LogP contribution is 2.48. The van der Waals surface area contributed by atoms with Crippen LogP contribution in [-0.2, 0) is 10.2 Å². The van der Waals surface area contributed by atoms with Crippen LogP contribution in [-0.4, -0.2) is 22.2 Å². The second kappa shape index (κ2) is 6.62. The topological polar surface area (TPSA) is 74.6 Å². The Kier molecular flexibility index (Phi) is 4.40. The van der Waals surface area contributed by atoms with Gasteiger partial charge >= 0.3 is 11.9 Å². The molecule has 2 N–H and O–H groups in total. The molecule has 0 amide bonds. The summed E-state index contributed by atoms with van der Waals surface area (Å²) in [6.07, 6.45) is 1.39. The molecule has 0 bridgehead atoms. The Morgan fingerprint density at radius 1 is 0.889 bits per heavy atom. The van der Waals surface area contributed by atoms with E-state index in [1.807, 2.05) is 48.5 Å². The zero-order valence-electron chi connectivity index (χ0n) is 14.1. The van der Waals surface area contributed by atoms with Crippen molar-refractivity contribution >= 4 is 39.2 Å². The van der Waals surface area contributed by atoms with Gasteiger partial charge in [0.2, 0.25) is 0 Å². The van der Waals surface area contributed by atoms with E-state index >= 15 is 0 Å². The Labute approximate surface area is 168 Å². The normalized spacial score (nSPS) is 14.7. The maximum atomic E-state index is 11.4. The summed E-state index contributed by atoms with van der Waals surface area (Å²) in [5, 5.41) is 18.8. The first-order chi connectivity index (χ1) is 12.9. The molecule has 0 atom stereocenters. The molecular formula is C21H15BrO4S. The van der Waals surface area contributed by atoms with Crippen molar-refractivity contribution in [2.24, 2.45) is 0 Å². The van der Waals surface area contributed by atoms with Crippen molar-refractivity contribution in [2.75, 3.05) is 0 Å². The van der Waals surface area contributed by atoms with E-state index < -0.39 is 17.4 Å². The molecule has 1 saturated carbocycles. The highest BCUT2D eigenvalue weighted by atomic mass is 79.9. The predicted molar refractivity (Wildman–Crippen MR) is 108 cm³/mol. The number of carboxylic acid groups (broad SMARTS) is 2. The number of aromatic carboxylic acids is 1. The second-order valence-corrected chi connectivity index (χ2v) is 9.07. The number of carboxylic acids is 2. The summed E-state index contributed by atoms with van der Waals surface area (Å²) in [4.78, 5) is 23.6. The molecule has 2 aromatic carbocycles. The molecule has 4 rings (SSSR count). The average molecular weight is 443 g/mol. The Morgan fingerprint density at radius 3 is 1.89 bits per heavy atom. The molecule has 136 valence electrons. The van der Waals surface area contributed by atoms with Crippen LogP contribution in [0.5, 0.6) is 0 Å². The fraction of sp³-hybridized carbons (Fsp3) is 0.143. The first-order valence-corrected chi connectivity index (χ1v) is 9.99. The van der Waals surface area contributed by atoms with Crippen molar-refractivity contribution in [1.29, 1.82) is 0 Å². The highest BCUT2D eigenvalue weighted by Gasteiger charge is 2.51. The summed E-state index contributed by atoms with van der Waals surface area (Å²) >= 11 is 4.74. The van der Waals surface area contributed by atoms with Crippen LogP contribution in [0, 0.1) is 0 Å². The van der Waals surface area contributed by atoms with Crippen LogP contribution in [0.15, 0.2) is 58.4 Å². The van der Waals surface area contributed by atoms with Crippen molar-refractivity contribution in [2.45, 2.75) is 18.3 Å². The molecule has 1 heterocycles. The lowest BCUT2D eigenvalue weighted by Crippen LogP contribution is -2.19. The van der Waals surface area contributed by atoms with Crippen LogP contribution >= 0.6 is 27.3 Å². The van der Waals surface area contributed by atoms with Gasteiger partial charge in [-0.1, -0.05) is 48.5 Å². The summed E-state index contributed by atoms with van der Waals surface area (Å²) in [5.74, 6) is -1.70. The number of thiophene rings is 1. The van der Waals surface area contributed by atoms with Gasteiger partial charge in [-0.3, -0.25) is 4.79 Å². The van der Waals surface area contributed by atoms with E-state index in [-0.39, 0.29) is 5.56 Å². The van der Waals surface area contributed by atoms with Gasteiger partial charge in [-0.05, 0) is 57.1 Å². The van der Waals surface area contributed by atoms with Crippen molar-refractivity contribution in [3.05, 3.63) is 69.5 Å². The minimum Gasteiger partial charge on any atom is -0.481 e. The summed E-state index contributed by atoms with van der Waals surface area (Å²) in [6.45, 7) is 0. The zero-order chi connectivity index (χ0) is 19.2. The number of halogens is 1. The molecule has 1 aliphatic rings. The van der Waals surface area contributed by atoms with E-state index in [9.17, 15) is 19.8 Å². The van der Waals surface area contributed by atoms with E-state index in [2.05, 4.69) is 15.9 Å². The molecule has 1 aromatic heterocycles. The number of rotatable bonds is 5. The van der Waals surface area contributed by atoms with Crippen molar-refractivity contribution in [3.63, 3.8) is 0 Å². The molecule has 0 aliphatic heterocycles. The van der Waals surface area contributed by atoms with Crippen LogP contribution < -0.4 is 0 Å². The molecule has 1 fully saturated rings. The fourth-order valence-electron chi connectivity index (χ4n) is 3.28. The first kappa shape index (κ1) is 17.9. The van der Waals surface area contributed by atoms with E-state index in [4.69, 9.17) is 0 Å². The van der Waals surface area contributed by atoms with Gasteiger partial charge < -0.3 is 10.2 Å². The third-order valence-corrected chi connectivity index (χ3v) is 6.70. The average Bonchev–Trinajstić information content (AvgIpc) is 3.39. The third kappa shape index (κ3) is 3.19. The van der Waals surface area contributed by atoms with Crippen molar-refractivity contribution in [1.82, 2.24) is 0 Å². The Morgan fingerprint density at radius 2 is 1.41 bits per heavy atom. The smallest absolute Gasteiger partial charge is 0.337 e. The van der Waals surface area contributed by atoms with Gasteiger partial charge in [-0.25, -0.2) is 4.79 Å². The quantitative estimate of drug-likeness (QED) is 0.534. The number of carbonyl (C=O) groups is 2. The van der Waals surface area contributed by atoms with Gasteiger partial charge in [0.25, 0.3) is 0 Å². The van der Waals surface area contributed by atoms with Gasteiger partial charge in [0.1, 0.15) is 0 Å². The molecule has 4 nitrogen and oxygen atoms in total. The molecule has 0 unspecified atom stereocenters. The first-order valence-electron chi connectivity index (χ1n) is 8.38. The Hall–Kier alpha value is -2.44. The fourth-order valence-corrected chi connectivity index (χ4v) is 4.88. The van der Waals surface area contributed by atoms with Crippen LogP contribution in [0.2, 0.25) is 0 Å². The molecule has 1 aliphatic carbocycles. The van der Waals surface area contributed by atoms with Gasteiger partial charge in [0, 0.05) is 4.88 Å². The largest absolute Gasteiger partial charge is 0.481 e. The summed E-state index contributed by atoms with van der Waals surface area (Å²) in [5.41, 5.74) is 3.29. The summed E-state index contributed by atoms with van der Waals surface area (Å²) in [6, 6.07) is 17.0. The SMILES string of the molecule is O=C(O)c1cc(Br)sc1-c1ccc(-c2ccc(C3(C(=O)O)CC3)cc2)cc1. The summed E-state index contributed by atoms with van der Waals surface area (Å²) < 4.78 is 0.780. The van der Waals surface area contributed by atoms with Crippen LogP contribution in [0.3, 0.4) is 0 Å². The monoisotopic (exact) mass is 442 g/mol. The molecule has 27 heavy (non-hydrogen) atoms. The second-order valence-electron chi connectivity index (χ2n) is 6.64. The molecule has 3 aromatic rings. The third-order valence-electron chi connectivity index (χ3n) is 5.01. The number of hydrogen-bond acceptors (Lipinski definition) is 3. The predicted octanol–water partition coefficient (Wildman–Crippen LogP) is 5.66. The molecule has 0 radical (unpaired) electrons.